The number of benzene rings is 1. The van der Waals surface area contributed by atoms with Crippen LogP contribution >= 0.6 is 11.3 Å². The highest BCUT2D eigenvalue weighted by atomic mass is 32.1. The third kappa shape index (κ3) is 4.77. The number of imidazole rings is 1. The van der Waals surface area contributed by atoms with E-state index in [2.05, 4.69) is 15.0 Å². The van der Waals surface area contributed by atoms with E-state index in [0.717, 1.165) is 42.2 Å². The molecule has 4 aromatic rings. The van der Waals surface area contributed by atoms with Crippen molar-refractivity contribution in [3.63, 3.8) is 0 Å². The van der Waals surface area contributed by atoms with Crippen molar-refractivity contribution in [2.45, 2.75) is 44.8 Å². The normalized spacial score (nSPS) is 16.7. The monoisotopic (exact) mass is 503 g/mol. The Hall–Kier alpha value is -3.34. The molecule has 182 valence electrons. The molecule has 0 saturated carbocycles. The molecule has 3 aromatic heterocycles. The Bertz CT molecular complexity index is 1380. The molecule has 0 spiro atoms. The number of piperidine rings is 1. The molecule has 0 bridgehead atoms. The quantitative estimate of drug-likeness (QED) is 0.342. The summed E-state index contributed by atoms with van der Waals surface area (Å²) in [6, 6.07) is 6.72. The van der Waals surface area contributed by atoms with Crippen LogP contribution in [0.1, 0.15) is 46.1 Å². The summed E-state index contributed by atoms with van der Waals surface area (Å²) in [5.41, 5.74) is 0.805. The summed E-state index contributed by atoms with van der Waals surface area (Å²) >= 11 is 1.38. The zero-order valence-corrected chi connectivity index (χ0v) is 19.5. The number of carbonyl (C=O) groups is 1. The van der Waals surface area contributed by atoms with Crippen LogP contribution in [0.3, 0.4) is 0 Å². The molecule has 0 unspecified atom stereocenters. The van der Waals surface area contributed by atoms with Crippen LogP contribution < -0.4 is 0 Å². The van der Waals surface area contributed by atoms with Gasteiger partial charge in [-0.1, -0.05) is 12.1 Å². The lowest BCUT2D eigenvalue weighted by Crippen LogP contribution is -2.45. The smallest absolute Gasteiger partial charge is 0.334 e. The average Bonchev–Trinajstić information content (AvgIpc) is 3.41. The number of hydrogen-bond donors (Lipinski definition) is 0. The van der Waals surface area contributed by atoms with Crippen LogP contribution in [0, 0.1) is 12.7 Å². The Labute approximate surface area is 202 Å². The van der Waals surface area contributed by atoms with Crippen LogP contribution in [0.5, 0.6) is 0 Å². The van der Waals surface area contributed by atoms with Crippen molar-refractivity contribution in [2.75, 3.05) is 6.54 Å². The first kappa shape index (κ1) is 23.4. The summed E-state index contributed by atoms with van der Waals surface area (Å²) in [4.78, 5) is 28.4. The zero-order valence-electron chi connectivity index (χ0n) is 18.7. The van der Waals surface area contributed by atoms with Gasteiger partial charge < -0.3 is 4.90 Å². The molecule has 1 aliphatic heterocycles. The molecular formula is C24H21F4N5OS. The second-order valence-electron chi connectivity index (χ2n) is 8.54. The van der Waals surface area contributed by atoms with E-state index in [0.29, 0.717) is 29.2 Å². The number of likely N-dealkylation sites (tertiary alicyclic amines) is 1. The summed E-state index contributed by atoms with van der Waals surface area (Å²) < 4.78 is 53.9. The lowest BCUT2D eigenvalue weighted by molar-refractivity contribution is -0.141. The predicted octanol–water partition coefficient (Wildman–Crippen LogP) is 5.56. The number of amides is 1. The van der Waals surface area contributed by atoms with Crippen molar-refractivity contribution < 1.29 is 22.4 Å². The first-order chi connectivity index (χ1) is 16.7. The largest absolute Gasteiger partial charge is 0.433 e. The van der Waals surface area contributed by atoms with E-state index >= 15 is 0 Å². The van der Waals surface area contributed by atoms with Crippen LogP contribution in [0.4, 0.5) is 17.6 Å². The van der Waals surface area contributed by atoms with Gasteiger partial charge in [0.25, 0.3) is 5.91 Å². The van der Waals surface area contributed by atoms with E-state index in [-0.39, 0.29) is 23.4 Å². The maximum atomic E-state index is 13.6. The fraction of sp³-hybridized carbons (Fsp3) is 0.333. The molecule has 1 aliphatic rings. The summed E-state index contributed by atoms with van der Waals surface area (Å²) in [5, 5.41) is 0.731. The van der Waals surface area contributed by atoms with Crippen molar-refractivity contribution in [1.82, 2.24) is 24.3 Å². The Balaban J connectivity index is 1.42. The van der Waals surface area contributed by atoms with Gasteiger partial charge in [-0.3, -0.25) is 9.20 Å². The van der Waals surface area contributed by atoms with Crippen LogP contribution in [0.25, 0.3) is 16.1 Å². The Morgan fingerprint density at radius 2 is 1.94 bits per heavy atom. The van der Waals surface area contributed by atoms with Crippen molar-refractivity contribution in [2.24, 2.45) is 0 Å². The zero-order chi connectivity index (χ0) is 24.7. The van der Waals surface area contributed by atoms with Crippen LogP contribution in [0.15, 0.2) is 42.9 Å². The molecule has 1 saturated heterocycles. The maximum absolute atomic E-state index is 13.6. The van der Waals surface area contributed by atoms with Crippen molar-refractivity contribution in [1.29, 1.82) is 0 Å². The summed E-state index contributed by atoms with van der Waals surface area (Å²) in [6.45, 7) is 2.37. The van der Waals surface area contributed by atoms with Gasteiger partial charge in [-0.15, -0.1) is 11.3 Å². The Morgan fingerprint density at radius 3 is 2.69 bits per heavy atom. The van der Waals surface area contributed by atoms with Crippen LogP contribution in [0.2, 0.25) is 0 Å². The number of fused-ring (bicyclic) bond motifs is 1. The number of thiazole rings is 1. The van der Waals surface area contributed by atoms with Crippen molar-refractivity contribution >= 4 is 22.9 Å². The highest BCUT2D eigenvalue weighted by Crippen LogP contribution is 2.33. The first-order valence-corrected chi connectivity index (χ1v) is 12.0. The molecule has 11 heteroatoms. The van der Waals surface area contributed by atoms with Crippen LogP contribution in [-0.4, -0.2) is 42.7 Å². The van der Waals surface area contributed by atoms with Gasteiger partial charge in [0, 0.05) is 31.3 Å². The lowest BCUT2D eigenvalue weighted by atomic mass is 9.97. The van der Waals surface area contributed by atoms with Gasteiger partial charge in [0.1, 0.15) is 29.2 Å². The number of aryl methyl sites for hydroxylation is 1. The number of rotatable bonds is 4. The van der Waals surface area contributed by atoms with Crippen LogP contribution in [-0.2, 0) is 12.6 Å². The highest BCUT2D eigenvalue weighted by molar-refractivity contribution is 7.15. The van der Waals surface area contributed by atoms with Gasteiger partial charge in [0.2, 0.25) is 0 Å². The molecule has 0 radical (unpaired) electrons. The number of halogens is 4. The van der Waals surface area contributed by atoms with E-state index in [4.69, 9.17) is 0 Å². The predicted molar refractivity (Wildman–Crippen MR) is 123 cm³/mol. The number of nitrogens with zero attached hydrogens (tertiary/aromatic N) is 5. The molecule has 5 rings (SSSR count). The number of hydrogen-bond acceptors (Lipinski definition) is 5. The van der Waals surface area contributed by atoms with E-state index in [1.165, 1.54) is 27.9 Å². The summed E-state index contributed by atoms with van der Waals surface area (Å²) in [7, 11) is 0. The van der Waals surface area contributed by atoms with Gasteiger partial charge >= 0.3 is 6.18 Å². The molecule has 1 fully saturated rings. The molecular weight excluding hydrogens is 482 g/mol. The standard InChI is InChI=1S/C24H21F4N5OS/c1-14-30-21(22(35-14)15-5-7-16(25)8-6-15)23(34)33-9-3-2-4-18(33)10-17-12-32-13-29-19(24(26,27)28)11-20(32)31-17/h5-8,11-13,18H,2-4,9-10H2,1H3/t18-/m0/s1. The summed E-state index contributed by atoms with van der Waals surface area (Å²) in [5.74, 6) is -0.563. The molecule has 1 aromatic carbocycles. The molecule has 0 aliphatic carbocycles. The van der Waals surface area contributed by atoms with Gasteiger partial charge in [-0.05, 0) is 43.9 Å². The van der Waals surface area contributed by atoms with Crippen molar-refractivity contribution in [3.05, 3.63) is 70.8 Å². The van der Waals surface area contributed by atoms with Gasteiger partial charge in [0.15, 0.2) is 0 Å². The topological polar surface area (TPSA) is 63.4 Å². The van der Waals surface area contributed by atoms with Gasteiger partial charge in [-0.2, -0.15) is 13.2 Å². The Morgan fingerprint density at radius 1 is 1.17 bits per heavy atom. The SMILES string of the molecule is Cc1nc(C(=O)N2CCCC[C@H]2Cc2cn3cnc(C(F)(F)F)cc3n2)c(-c2ccc(F)cc2)s1. The molecule has 0 N–H and O–H groups in total. The molecule has 1 atom stereocenters. The fourth-order valence-corrected chi connectivity index (χ4v) is 5.34. The molecule has 35 heavy (non-hydrogen) atoms. The van der Waals surface area contributed by atoms with E-state index < -0.39 is 11.9 Å². The van der Waals surface area contributed by atoms with Gasteiger partial charge in [0.05, 0.1) is 15.6 Å². The van der Waals surface area contributed by atoms with Crippen molar-refractivity contribution in [3.8, 4) is 10.4 Å². The van der Waals surface area contributed by atoms with Gasteiger partial charge in [-0.25, -0.2) is 19.3 Å². The Kier molecular flexibility index (Phi) is 6.04. The third-order valence-corrected chi connectivity index (χ3v) is 7.08. The maximum Gasteiger partial charge on any atom is 0.433 e. The second-order valence-corrected chi connectivity index (χ2v) is 9.74. The molecule has 1 amide bonds. The van der Waals surface area contributed by atoms with E-state index in [9.17, 15) is 22.4 Å². The minimum Gasteiger partial charge on any atom is -0.334 e. The summed E-state index contributed by atoms with van der Waals surface area (Å²) in [6.07, 6.45) is 1.14. The number of alkyl halides is 3. The lowest BCUT2D eigenvalue weighted by Gasteiger charge is -2.35. The highest BCUT2D eigenvalue weighted by Gasteiger charge is 2.34. The second kappa shape index (κ2) is 9.03. The third-order valence-electron chi connectivity index (χ3n) is 6.06. The average molecular weight is 504 g/mol. The fourth-order valence-electron chi connectivity index (χ4n) is 4.42. The minimum atomic E-state index is -4.55. The molecule has 6 nitrogen and oxygen atoms in total. The number of aromatic nitrogens is 4. The molecule has 4 heterocycles. The first-order valence-electron chi connectivity index (χ1n) is 11.1. The van der Waals surface area contributed by atoms with E-state index in [1.54, 1.807) is 23.2 Å². The van der Waals surface area contributed by atoms with E-state index in [1.807, 2.05) is 6.92 Å². The minimum absolute atomic E-state index is 0.157. The number of carbonyl (C=O) groups excluding carboxylic acids is 1.